The summed E-state index contributed by atoms with van der Waals surface area (Å²) in [6.07, 6.45) is 2.01. The van der Waals surface area contributed by atoms with E-state index in [0.29, 0.717) is 6.61 Å². The zero-order valence-corrected chi connectivity index (χ0v) is 16.3. The van der Waals surface area contributed by atoms with E-state index in [-0.39, 0.29) is 0 Å². The van der Waals surface area contributed by atoms with Crippen molar-refractivity contribution in [1.82, 2.24) is 15.5 Å². The molecule has 1 aromatic carbocycles. The summed E-state index contributed by atoms with van der Waals surface area (Å²) in [4.78, 5) is 7.08. The molecule has 26 heavy (non-hydrogen) atoms. The van der Waals surface area contributed by atoms with Gasteiger partial charge in [-0.05, 0) is 38.9 Å². The van der Waals surface area contributed by atoms with Crippen LogP contribution in [0.3, 0.4) is 0 Å². The SMILES string of the molecule is CCNC(=NCCCOc1ccc(C)cc1)NCCCN1CCOCC1. The van der Waals surface area contributed by atoms with Crippen molar-refractivity contribution in [3.05, 3.63) is 29.8 Å². The number of nitrogens with zero attached hydrogens (tertiary/aromatic N) is 2. The van der Waals surface area contributed by atoms with Crippen LogP contribution in [0, 0.1) is 6.92 Å². The number of morpholine rings is 1. The summed E-state index contributed by atoms with van der Waals surface area (Å²) in [6.45, 7) is 12.3. The number of ether oxygens (including phenoxy) is 2. The number of hydrogen-bond acceptors (Lipinski definition) is 4. The third kappa shape index (κ3) is 8.54. The average molecular weight is 363 g/mol. The molecule has 0 spiro atoms. The van der Waals surface area contributed by atoms with E-state index < -0.39 is 0 Å². The minimum Gasteiger partial charge on any atom is -0.494 e. The Hall–Kier alpha value is -1.79. The standard InChI is InChI=1S/C20H34N4O2/c1-3-21-20(22-10-4-12-24-13-16-25-17-14-24)23-11-5-15-26-19-8-6-18(2)7-9-19/h6-9H,3-5,10-17H2,1-2H3,(H2,21,22,23). The van der Waals surface area contributed by atoms with Gasteiger partial charge >= 0.3 is 0 Å². The molecular formula is C20H34N4O2. The lowest BCUT2D eigenvalue weighted by atomic mass is 10.2. The average Bonchev–Trinajstić information content (AvgIpc) is 2.67. The predicted octanol–water partition coefficient (Wildman–Crippen LogP) is 2.04. The van der Waals surface area contributed by atoms with Gasteiger partial charge in [-0.25, -0.2) is 0 Å². The molecule has 146 valence electrons. The first-order valence-corrected chi connectivity index (χ1v) is 9.79. The second-order valence-electron chi connectivity index (χ2n) is 6.51. The Kier molecular flexibility index (Phi) is 9.90. The van der Waals surface area contributed by atoms with E-state index in [4.69, 9.17) is 9.47 Å². The summed E-state index contributed by atoms with van der Waals surface area (Å²) in [5, 5.41) is 6.72. The van der Waals surface area contributed by atoms with E-state index in [9.17, 15) is 0 Å². The molecule has 0 atom stereocenters. The van der Waals surface area contributed by atoms with Crippen LogP contribution in [-0.4, -0.2) is 69.9 Å². The molecule has 0 aliphatic carbocycles. The molecule has 2 rings (SSSR count). The number of aliphatic imine (C=N–C) groups is 1. The molecule has 0 aromatic heterocycles. The second-order valence-corrected chi connectivity index (χ2v) is 6.51. The highest BCUT2D eigenvalue weighted by Gasteiger charge is 2.09. The fourth-order valence-electron chi connectivity index (χ4n) is 2.76. The van der Waals surface area contributed by atoms with E-state index in [0.717, 1.165) is 77.0 Å². The normalized spacial score (nSPS) is 15.7. The van der Waals surface area contributed by atoms with Crippen molar-refractivity contribution in [3.63, 3.8) is 0 Å². The first-order valence-electron chi connectivity index (χ1n) is 9.79. The summed E-state index contributed by atoms with van der Waals surface area (Å²) < 4.78 is 11.1. The van der Waals surface area contributed by atoms with Crippen LogP contribution in [0.1, 0.15) is 25.3 Å². The lowest BCUT2D eigenvalue weighted by Gasteiger charge is -2.26. The smallest absolute Gasteiger partial charge is 0.191 e. The van der Waals surface area contributed by atoms with Gasteiger partial charge in [0.1, 0.15) is 5.75 Å². The highest BCUT2D eigenvalue weighted by atomic mass is 16.5. The summed E-state index contributed by atoms with van der Waals surface area (Å²) in [5.41, 5.74) is 1.25. The number of rotatable bonds is 10. The summed E-state index contributed by atoms with van der Waals surface area (Å²) in [6, 6.07) is 8.16. The summed E-state index contributed by atoms with van der Waals surface area (Å²) in [7, 11) is 0. The van der Waals surface area contributed by atoms with Gasteiger partial charge in [-0.15, -0.1) is 0 Å². The molecule has 0 bridgehead atoms. The van der Waals surface area contributed by atoms with E-state index >= 15 is 0 Å². The van der Waals surface area contributed by atoms with E-state index in [1.807, 2.05) is 12.1 Å². The van der Waals surface area contributed by atoms with E-state index in [1.54, 1.807) is 0 Å². The molecule has 1 saturated heterocycles. The number of aryl methyl sites for hydroxylation is 1. The van der Waals surface area contributed by atoms with Crippen LogP contribution in [0.25, 0.3) is 0 Å². The van der Waals surface area contributed by atoms with E-state index in [2.05, 4.69) is 46.5 Å². The molecule has 1 fully saturated rings. The van der Waals surface area contributed by atoms with Crippen LogP contribution in [0.4, 0.5) is 0 Å². The van der Waals surface area contributed by atoms with Gasteiger partial charge in [0.25, 0.3) is 0 Å². The maximum atomic E-state index is 5.74. The molecule has 0 radical (unpaired) electrons. The molecule has 6 nitrogen and oxygen atoms in total. The lowest BCUT2D eigenvalue weighted by molar-refractivity contribution is 0.0376. The predicted molar refractivity (Wildman–Crippen MR) is 107 cm³/mol. The van der Waals surface area contributed by atoms with Gasteiger partial charge in [0.05, 0.1) is 19.8 Å². The molecule has 0 saturated carbocycles. The zero-order chi connectivity index (χ0) is 18.5. The number of benzene rings is 1. The van der Waals surface area contributed by atoms with Crippen molar-refractivity contribution in [1.29, 1.82) is 0 Å². The Balaban J connectivity index is 1.58. The van der Waals surface area contributed by atoms with Gasteiger partial charge < -0.3 is 20.1 Å². The summed E-state index contributed by atoms with van der Waals surface area (Å²) >= 11 is 0. The zero-order valence-electron chi connectivity index (χ0n) is 16.3. The van der Waals surface area contributed by atoms with Crippen molar-refractivity contribution >= 4 is 5.96 Å². The molecule has 1 aliphatic rings. The maximum absolute atomic E-state index is 5.74. The summed E-state index contributed by atoms with van der Waals surface area (Å²) in [5.74, 6) is 1.82. The Labute approximate surface area is 158 Å². The molecule has 6 heteroatoms. The quantitative estimate of drug-likeness (QED) is 0.379. The fourth-order valence-corrected chi connectivity index (χ4v) is 2.76. The topological polar surface area (TPSA) is 58.1 Å². The third-order valence-corrected chi connectivity index (χ3v) is 4.25. The van der Waals surface area contributed by atoms with Gasteiger partial charge in [-0.1, -0.05) is 17.7 Å². The molecule has 1 heterocycles. The Bertz CT molecular complexity index is 513. The highest BCUT2D eigenvalue weighted by molar-refractivity contribution is 5.79. The van der Waals surface area contributed by atoms with Crippen molar-refractivity contribution in [2.75, 3.05) is 59.1 Å². The van der Waals surface area contributed by atoms with Crippen molar-refractivity contribution in [2.24, 2.45) is 4.99 Å². The minimum atomic E-state index is 0.684. The molecule has 1 aliphatic heterocycles. The molecule has 0 amide bonds. The third-order valence-electron chi connectivity index (χ3n) is 4.25. The highest BCUT2D eigenvalue weighted by Crippen LogP contribution is 2.11. The number of nitrogens with one attached hydrogen (secondary N) is 2. The molecular weight excluding hydrogens is 328 g/mol. The lowest BCUT2D eigenvalue weighted by Crippen LogP contribution is -2.40. The van der Waals surface area contributed by atoms with Crippen molar-refractivity contribution in [2.45, 2.75) is 26.7 Å². The Morgan fingerprint density at radius 2 is 1.92 bits per heavy atom. The first-order chi connectivity index (χ1) is 12.8. The van der Waals surface area contributed by atoms with Gasteiger partial charge in [-0.3, -0.25) is 9.89 Å². The Morgan fingerprint density at radius 3 is 2.65 bits per heavy atom. The van der Waals surface area contributed by atoms with Crippen LogP contribution < -0.4 is 15.4 Å². The second kappa shape index (κ2) is 12.5. The van der Waals surface area contributed by atoms with Crippen LogP contribution >= 0.6 is 0 Å². The van der Waals surface area contributed by atoms with Crippen LogP contribution in [0.15, 0.2) is 29.3 Å². The Morgan fingerprint density at radius 1 is 1.15 bits per heavy atom. The van der Waals surface area contributed by atoms with Gasteiger partial charge in [-0.2, -0.15) is 0 Å². The van der Waals surface area contributed by atoms with Gasteiger partial charge in [0.2, 0.25) is 0 Å². The van der Waals surface area contributed by atoms with Gasteiger partial charge in [0.15, 0.2) is 5.96 Å². The minimum absolute atomic E-state index is 0.684. The molecule has 2 N–H and O–H groups in total. The first kappa shape index (κ1) is 20.5. The fraction of sp³-hybridized carbons (Fsp3) is 0.650. The number of guanidine groups is 1. The van der Waals surface area contributed by atoms with Crippen LogP contribution in [0.2, 0.25) is 0 Å². The van der Waals surface area contributed by atoms with Gasteiger partial charge in [0, 0.05) is 39.1 Å². The van der Waals surface area contributed by atoms with E-state index in [1.165, 1.54) is 5.56 Å². The van der Waals surface area contributed by atoms with Crippen LogP contribution in [0.5, 0.6) is 5.75 Å². The van der Waals surface area contributed by atoms with Crippen LogP contribution in [-0.2, 0) is 4.74 Å². The van der Waals surface area contributed by atoms with Crippen molar-refractivity contribution in [3.8, 4) is 5.75 Å². The molecule has 0 unspecified atom stereocenters. The monoisotopic (exact) mass is 362 g/mol. The maximum Gasteiger partial charge on any atom is 0.191 e. The number of hydrogen-bond donors (Lipinski definition) is 2. The van der Waals surface area contributed by atoms with Crippen molar-refractivity contribution < 1.29 is 9.47 Å². The molecule has 1 aromatic rings. The largest absolute Gasteiger partial charge is 0.494 e.